The molecule has 1 aromatic heterocycles. The lowest BCUT2D eigenvalue weighted by Crippen LogP contribution is -2.15. The monoisotopic (exact) mass is 264 g/mol. The van der Waals surface area contributed by atoms with Crippen LogP contribution in [0.2, 0.25) is 0 Å². The first kappa shape index (κ1) is 12.0. The van der Waals surface area contributed by atoms with Gasteiger partial charge in [-0.15, -0.1) is 23.1 Å². The first-order chi connectivity index (χ1) is 8.31. The van der Waals surface area contributed by atoms with E-state index in [0.717, 1.165) is 16.9 Å². The highest BCUT2D eigenvalue weighted by molar-refractivity contribution is 8.00. The van der Waals surface area contributed by atoms with Crippen molar-refractivity contribution in [2.75, 3.05) is 0 Å². The van der Waals surface area contributed by atoms with Gasteiger partial charge in [0.05, 0.1) is 4.21 Å². The molecule has 5 heteroatoms. The van der Waals surface area contributed by atoms with E-state index in [1.54, 1.807) is 23.1 Å². The summed E-state index contributed by atoms with van der Waals surface area (Å²) < 4.78 is 1.26. The lowest BCUT2D eigenvalue weighted by atomic mass is 10.1. The minimum absolute atomic E-state index is 0.160. The van der Waals surface area contributed by atoms with Crippen molar-refractivity contribution in [3.05, 3.63) is 52.9 Å². The molecule has 1 heterocycles. The van der Waals surface area contributed by atoms with Gasteiger partial charge in [0.25, 0.3) is 0 Å². The molecular weight excluding hydrogens is 252 g/mol. The summed E-state index contributed by atoms with van der Waals surface area (Å²) in [6.45, 7) is 0. The molecule has 0 spiro atoms. The second-order valence-electron chi connectivity index (χ2n) is 3.36. The van der Waals surface area contributed by atoms with E-state index < -0.39 is 0 Å². The molecule has 0 amide bonds. The Bertz CT molecular complexity index is 509. The topological polar surface area (TPSA) is 58.6 Å². The molecule has 0 bridgehead atoms. The fourth-order valence-corrected chi connectivity index (χ4v) is 3.23. The van der Waals surface area contributed by atoms with Gasteiger partial charge in [0.15, 0.2) is 5.84 Å². The van der Waals surface area contributed by atoms with Crippen LogP contribution >= 0.6 is 23.1 Å². The van der Waals surface area contributed by atoms with Crippen molar-refractivity contribution in [2.45, 2.75) is 9.96 Å². The van der Waals surface area contributed by atoms with Crippen molar-refractivity contribution in [1.82, 2.24) is 0 Å². The molecule has 1 aromatic carbocycles. The van der Waals surface area contributed by atoms with Crippen molar-refractivity contribution in [3.8, 4) is 0 Å². The fraction of sp³-hybridized carbons (Fsp3) is 0.0833. The number of nitrogens with zero attached hydrogens (tertiary/aromatic N) is 1. The van der Waals surface area contributed by atoms with Crippen molar-refractivity contribution in [3.63, 3.8) is 0 Å². The van der Waals surface area contributed by atoms with Crippen molar-refractivity contribution in [1.29, 1.82) is 0 Å². The fourth-order valence-electron chi connectivity index (χ4n) is 1.44. The summed E-state index contributed by atoms with van der Waals surface area (Å²) in [5.41, 5.74) is 7.50. The lowest BCUT2D eigenvalue weighted by molar-refractivity contribution is 0.318. The Morgan fingerprint density at radius 2 is 2.12 bits per heavy atom. The van der Waals surface area contributed by atoms with Gasteiger partial charge in [0, 0.05) is 11.3 Å². The number of amidine groups is 1. The number of oxime groups is 1. The van der Waals surface area contributed by atoms with Gasteiger partial charge in [-0.3, -0.25) is 0 Å². The summed E-state index contributed by atoms with van der Waals surface area (Å²) in [4.78, 5) is 0. The highest BCUT2D eigenvalue weighted by Gasteiger charge is 2.06. The van der Waals surface area contributed by atoms with Crippen LogP contribution in [0.5, 0.6) is 0 Å². The maximum Gasteiger partial charge on any atom is 0.170 e. The van der Waals surface area contributed by atoms with Crippen LogP contribution in [0.15, 0.2) is 51.1 Å². The van der Waals surface area contributed by atoms with E-state index in [1.807, 2.05) is 30.3 Å². The molecule has 0 radical (unpaired) electrons. The average Bonchev–Trinajstić information content (AvgIpc) is 2.89. The minimum atomic E-state index is 0.160. The number of rotatable bonds is 4. The van der Waals surface area contributed by atoms with Crippen molar-refractivity contribution in [2.24, 2.45) is 10.9 Å². The maximum absolute atomic E-state index is 8.72. The molecule has 0 atom stereocenters. The molecule has 88 valence electrons. The molecule has 0 aliphatic heterocycles. The molecular formula is C12H12N2OS2. The first-order valence-corrected chi connectivity index (χ1v) is 6.90. The molecule has 0 fully saturated rings. The molecule has 3 N–H and O–H groups in total. The van der Waals surface area contributed by atoms with Crippen LogP contribution in [-0.2, 0) is 5.75 Å². The molecule has 0 aliphatic rings. The largest absolute Gasteiger partial charge is 0.409 e. The van der Waals surface area contributed by atoms with Gasteiger partial charge in [0.2, 0.25) is 0 Å². The summed E-state index contributed by atoms with van der Waals surface area (Å²) >= 11 is 3.46. The summed E-state index contributed by atoms with van der Waals surface area (Å²) in [7, 11) is 0. The van der Waals surface area contributed by atoms with E-state index in [2.05, 4.69) is 16.6 Å². The van der Waals surface area contributed by atoms with Crippen LogP contribution in [0.1, 0.15) is 11.1 Å². The Labute approximate surface area is 108 Å². The predicted octanol–water partition coefficient (Wildman–Crippen LogP) is 3.13. The zero-order chi connectivity index (χ0) is 12.1. The molecule has 2 aromatic rings. The van der Waals surface area contributed by atoms with Crippen LogP contribution in [0.3, 0.4) is 0 Å². The second kappa shape index (κ2) is 5.75. The summed E-state index contributed by atoms with van der Waals surface area (Å²) in [5.74, 6) is 0.972. The standard InChI is InChI=1S/C12H12N2OS2/c13-12(14-15)10-5-2-1-4-9(10)8-17-11-6-3-7-16-11/h1-7,15H,8H2,(H2,13,14). The highest BCUT2D eigenvalue weighted by Crippen LogP contribution is 2.28. The predicted molar refractivity (Wildman–Crippen MR) is 72.8 cm³/mol. The zero-order valence-corrected chi connectivity index (χ0v) is 10.7. The molecule has 0 aliphatic carbocycles. The number of thioether (sulfide) groups is 1. The molecule has 0 unspecified atom stereocenters. The van der Waals surface area contributed by atoms with E-state index >= 15 is 0 Å². The van der Waals surface area contributed by atoms with E-state index in [4.69, 9.17) is 10.9 Å². The Hall–Kier alpha value is -1.46. The van der Waals surface area contributed by atoms with E-state index in [0.29, 0.717) is 0 Å². The van der Waals surface area contributed by atoms with Crippen molar-refractivity contribution < 1.29 is 5.21 Å². The maximum atomic E-state index is 8.72. The summed E-state index contributed by atoms with van der Waals surface area (Å²) in [6, 6.07) is 11.8. The Morgan fingerprint density at radius 3 is 2.82 bits per heavy atom. The van der Waals surface area contributed by atoms with Gasteiger partial charge >= 0.3 is 0 Å². The quantitative estimate of drug-likeness (QED) is 0.293. The third kappa shape index (κ3) is 3.01. The van der Waals surface area contributed by atoms with Crippen LogP contribution in [0, 0.1) is 0 Å². The SMILES string of the molecule is N/C(=N\O)c1ccccc1CSc1cccs1. The normalized spacial score (nSPS) is 11.6. The number of benzene rings is 1. The van der Waals surface area contributed by atoms with Gasteiger partial charge in [-0.1, -0.05) is 35.5 Å². The first-order valence-electron chi connectivity index (χ1n) is 5.03. The lowest BCUT2D eigenvalue weighted by Gasteiger charge is -2.06. The van der Waals surface area contributed by atoms with Gasteiger partial charge in [-0.2, -0.15) is 0 Å². The second-order valence-corrected chi connectivity index (χ2v) is 5.59. The van der Waals surface area contributed by atoms with Crippen molar-refractivity contribution >= 4 is 28.9 Å². The summed E-state index contributed by atoms with van der Waals surface area (Å²) in [5, 5.41) is 13.8. The Kier molecular flexibility index (Phi) is 4.06. The van der Waals surface area contributed by atoms with Gasteiger partial charge in [0.1, 0.15) is 0 Å². The van der Waals surface area contributed by atoms with E-state index in [1.165, 1.54) is 4.21 Å². The third-order valence-electron chi connectivity index (χ3n) is 2.27. The number of hydrogen-bond acceptors (Lipinski definition) is 4. The molecule has 3 nitrogen and oxygen atoms in total. The molecule has 17 heavy (non-hydrogen) atoms. The van der Waals surface area contributed by atoms with E-state index in [-0.39, 0.29) is 5.84 Å². The van der Waals surface area contributed by atoms with Crippen LogP contribution in [0.25, 0.3) is 0 Å². The van der Waals surface area contributed by atoms with Crippen LogP contribution < -0.4 is 5.73 Å². The summed E-state index contributed by atoms with van der Waals surface area (Å²) in [6.07, 6.45) is 0. The molecule has 2 rings (SSSR count). The minimum Gasteiger partial charge on any atom is -0.409 e. The number of thiophene rings is 1. The Morgan fingerprint density at radius 1 is 1.29 bits per heavy atom. The molecule has 0 saturated heterocycles. The van der Waals surface area contributed by atoms with Crippen LogP contribution in [-0.4, -0.2) is 11.0 Å². The highest BCUT2D eigenvalue weighted by atomic mass is 32.2. The van der Waals surface area contributed by atoms with Gasteiger partial charge < -0.3 is 10.9 Å². The zero-order valence-electron chi connectivity index (χ0n) is 9.04. The smallest absolute Gasteiger partial charge is 0.170 e. The van der Waals surface area contributed by atoms with Gasteiger partial charge in [-0.25, -0.2) is 0 Å². The third-order valence-corrected chi connectivity index (χ3v) is 4.45. The average molecular weight is 264 g/mol. The van der Waals surface area contributed by atoms with Gasteiger partial charge in [-0.05, 0) is 17.0 Å². The Balaban J connectivity index is 2.15. The van der Waals surface area contributed by atoms with Crippen LogP contribution in [0.4, 0.5) is 0 Å². The van der Waals surface area contributed by atoms with E-state index in [9.17, 15) is 0 Å². The number of nitrogens with two attached hydrogens (primary N) is 1. The molecule has 0 saturated carbocycles. The number of hydrogen-bond donors (Lipinski definition) is 2.